The molecule has 0 aromatic carbocycles. The Kier molecular flexibility index (Phi) is 5.08. The molecule has 0 bridgehead atoms. The van der Waals surface area contributed by atoms with E-state index in [0.29, 0.717) is 6.54 Å². The molecule has 0 radical (unpaired) electrons. The highest BCUT2D eigenvalue weighted by Gasteiger charge is 2.36. The van der Waals surface area contributed by atoms with Gasteiger partial charge in [0.25, 0.3) is 0 Å². The highest BCUT2D eigenvalue weighted by molar-refractivity contribution is 5.49. The molecule has 0 saturated carbocycles. The van der Waals surface area contributed by atoms with Gasteiger partial charge in [0.15, 0.2) is 0 Å². The van der Waals surface area contributed by atoms with Gasteiger partial charge in [-0.1, -0.05) is 6.42 Å². The SMILES string of the molecule is CC(C)N(CC1CCCCN1)c1ncccc1C(F)(F)F. The van der Waals surface area contributed by atoms with Crippen molar-refractivity contribution in [3.63, 3.8) is 0 Å². The van der Waals surface area contributed by atoms with Crippen LogP contribution in [-0.2, 0) is 6.18 Å². The smallest absolute Gasteiger partial charge is 0.352 e. The van der Waals surface area contributed by atoms with Gasteiger partial charge in [-0.2, -0.15) is 13.2 Å². The standard InChI is InChI=1S/C15H22F3N3/c1-11(2)21(10-12-6-3-4-8-19-12)14-13(15(16,17)18)7-5-9-20-14/h5,7,9,11-12,19H,3-4,6,8,10H2,1-2H3. The van der Waals surface area contributed by atoms with Crippen LogP contribution in [0.25, 0.3) is 0 Å². The summed E-state index contributed by atoms with van der Waals surface area (Å²) in [6.07, 6.45) is 0.301. The van der Waals surface area contributed by atoms with Crippen LogP contribution >= 0.6 is 0 Å². The van der Waals surface area contributed by atoms with Crippen molar-refractivity contribution in [1.29, 1.82) is 0 Å². The number of piperidine rings is 1. The van der Waals surface area contributed by atoms with Crippen molar-refractivity contribution in [3.05, 3.63) is 23.9 Å². The lowest BCUT2D eigenvalue weighted by Crippen LogP contribution is -2.46. The third-order valence-corrected chi connectivity index (χ3v) is 3.82. The van der Waals surface area contributed by atoms with Gasteiger partial charge in [-0.25, -0.2) is 4.98 Å². The molecule has 2 heterocycles. The maximum Gasteiger partial charge on any atom is 0.419 e. The minimum absolute atomic E-state index is 0.0346. The van der Waals surface area contributed by atoms with Gasteiger partial charge in [0, 0.05) is 24.8 Å². The van der Waals surface area contributed by atoms with E-state index in [-0.39, 0.29) is 17.9 Å². The van der Waals surface area contributed by atoms with Gasteiger partial charge in [0.05, 0.1) is 5.56 Å². The predicted molar refractivity (Wildman–Crippen MR) is 77.4 cm³/mol. The molecular formula is C15H22F3N3. The monoisotopic (exact) mass is 301 g/mol. The predicted octanol–water partition coefficient (Wildman–Crippen LogP) is 3.46. The summed E-state index contributed by atoms with van der Waals surface area (Å²) < 4.78 is 39.5. The van der Waals surface area contributed by atoms with E-state index < -0.39 is 11.7 Å². The van der Waals surface area contributed by atoms with Crippen LogP contribution in [0.5, 0.6) is 0 Å². The first-order chi connectivity index (χ1) is 9.89. The minimum Gasteiger partial charge on any atom is -0.352 e. The molecule has 1 fully saturated rings. The van der Waals surface area contributed by atoms with Gasteiger partial charge in [-0.15, -0.1) is 0 Å². The van der Waals surface area contributed by atoms with Gasteiger partial charge in [0.2, 0.25) is 0 Å². The zero-order valence-corrected chi connectivity index (χ0v) is 12.5. The van der Waals surface area contributed by atoms with Crippen molar-refractivity contribution in [2.45, 2.75) is 51.4 Å². The number of alkyl halides is 3. The lowest BCUT2D eigenvalue weighted by atomic mass is 10.0. The Balaban J connectivity index is 2.26. The number of nitrogens with zero attached hydrogens (tertiary/aromatic N) is 2. The molecule has 6 heteroatoms. The highest BCUT2D eigenvalue weighted by atomic mass is 19.4. The molecule has 1 aromatic rings. The molecule has 1 aromatic heterocycles. The van der Waals surface area contributed by atoms with Crippen LogP contribution in [0, 0.1) is 0 Å². The Labute approximate surface area is 123 Å². The lowest BCUT2D eigenvalue weighted by molar-refractivity contribution is -0.137. The number of pyridine rings is 1. The van der Waals surface area contributed by atoms with E-state index in [0.717, 1.165) is 31.9 Å². The molecule has 1 saturated heterocycles. The van der Waals surface area contributed by atoms with Gasteiger partial charge in [0.1, 0.15) is 5.82 Å². The lowest BCUT2D eigenvalue weighted by Gasteiger charge is -2.35. The van der Waals surface area contributed by atoms with E-state index in [1.807, 2.05) is 13.8 Å². The molecule has 21 heavy (non-hydrogen) atoms. The van der Waals surface area contributed by atoms with Crippen LogP contribution in [0.1, 0.15) is 38.7 Å². The maximum absolute atomic E-state index is 13.2. The van der Waals surface area contributed by atoms with E-state index in [4.69, 9.17) is 0 Å². The molecule has 3 nitrogen and oxygen atoms in total. The average molecular weight is 301 g/mol. The summed E-state index contributed by atoms with van der Waals surface area (Å²) in [5.74, 6) is 0.0346. The van der Waals surface area contributed by atoms with E-state index in [1.54, 1.807) is 4.90 Å². The van der Waals surface area contributed by atoms with E-state index in [1.165, 1.54) is 12.3 Å². The fraction of sp³-hybridized carbons (Fsp3) is 0.667. The second kappa shape index (κ2) is 6.64. The first-order valence-electron chi connectivity index (χ1n) is 7.42. The number of halogens is 3. The third-order valence-electron chi connectivity index (χ3n) is 3.82. The Morgan fingerprint density at radius 2 is 2.14 bits per heavy atom. The number of rotatable bonds is 4. The fourth-order valence-electron chi connectivity index (χ4n) is 2.71. The first-order valence-corrected chi connectivity index (χ1v) is 7.42. The maximum atomic E-state index is 13.2. The number of hydrogen-bond donors (Lipinski definition) is 1. The Morgan fingerprint density at radius 3 is 2.71 bits per heavy atom. The van der Waals surface area contributed by atoms with Crippen LogP contribution in [-0.4, -0.2) is 30.2 Å². The van der Waals surface area contributed by atoms with Crippen molar-refractivity contribution in [2.75, 3.05) is 18.0 Å². The molecule has 1 N–H and O–H groups in total. The van der Waals surface area contributed by atoms with Crippen molar-refractivity contribution >= 4 is 5.82 Å². The Hall–Kier alpha value is -1.30. The molecule has 1 aliphatic rings. The fourth-order valence-corrected chi connectivity index (χ4v) is 2.71. The Morgan fingerprint density at radius 1 is 1.38 bits per heavy atom. The molecule has 2 rings (SSSR count). The number of hydrogen-bond acceptors (Lipinski definition) is 3. The van der Waals surface area contributed by atoms with Crippen LogP contribution < -0.4 is 10.2 Å². The van der Waals surface area contributed by atoms with Crippen LogP contribution in [0.15, 0.2) is 18.3 Å². The molecule has 0 aliphatic carbocycles. The molecule has 0 amide bonds. The van der Waals surface area contributed by atoms with Crippen molar-refractivity contribution < 1.29 is 13.2 Å². The molecule has 118 valence electrons. The second-order valence-corrected chi connectivity index (χ2v) is 5.77. The molecule has 1 aliphatic heterocycles. The van der Waals surface area contributed by atoms with Crippen molar-refractivity contribution in [3.8, 4) is 0 Å². The van der Waals surface area contributed by atoms with Crippen LogP contribution in [0.4, 0.5) is 19.0 Å². The number of anilines is 1. The Bertz CT molecular complexity index is 454. The minimum atomic E-state index is -4.38. The number of nitrogens with one attached hydrogen (secondary N) is 1. The zero-order valence-electron chi connectivity index (χ0n) is 12.5. The molecule has 1 unspecified atom stereocenters. The highest BCUT2D eigenvalue weighted by Crippen LogP contribution is 2.35. The summed E-state index contributed by atoms with van der Waals surface area (Å²) >= 11 is 0. The summed E-state index contributed by atoms with van der Waals surface area (Å²) in [4.78, 5) is 5.77. The molecular weight excluding hydrogens is 279 g/mol. The van der Waals surface area contributed by atoms with Gasteiger partial charge in [-0.05, 0) is 45.4 Å². The van der Waals surface area contributed by atoms with E-state index >= 15 is 0 Å². The van der Waals surface area contributed by atoms with Crippen molar-refractivity contribution in [2.24, 2.45) is 0 Å². The van der Waals surface area contributed by atoms with Gasteiger partial charge < -0.3 is 10.2 Å². The average Bonchev–Trinajstić information content (AvgIpc) is 2.45. The van der Waals surface area contributed by atoms with E-state index in [2.05, 4.69) is 10.3 Å². The van der Waals surface area contributed by atoms with E-state index in [9.17, 15) is 13.2 Å². The van der Waals surface area contributed by atoms with Crippen molar-refractivity contribution in [1.82, 2.24) is 10.3 Å². The quantitative estimate of drug-likeness (QED) is 0.923. The summed E-state index contributed by atoms with van der Waals surface area (Å²) in [5, 5.41) is 3.38. The van der Waals surface area contributed by atoms with Gasteiger partial charge >= 0.3 is 6.18 Å². The zero-order chi connectivity index (χ0) is 15.5. The topological polar surface area (TPSA) is 28.2 Å². The first kappa shape index (κ1) is 16.1. The normalized spacial score (nSPS) is 19.8. The van der Waals surface area contributed by atoms with Crippen LogP contribution in [0.3, 0.4) is 0 Å². The largest absolute Gasteiger partial charge is 0.419 e. The second-order valence-electron chi connectivity index (χ2n) is 5.77. The molecule has 1 atom stereocenters. The molecule has 0 spiro atoms. The summed E-state index contributed by atoms with van der Waals surface area (Å²) in [7, 11) is 0. The van der Waals surface area contributed by atoms with Gasteiger partial charge in [-0.3, -0.25) is 0 Å². The summed E-state index contributed by atoms with van der Waals surface area (Å²) in [6, 6.07) is 2.63. The number of aromatic nitrogens is 1. The third kappa shape index (κ3) is 4.09. The summed E-state index contributed by atoms with van der Waals surface area (Å²) in [5.41, 5.74) is -0.658. The van der Waals surface area contributed by atoms with Crippen LogP contribution in [0.2, 0.25) is 0 Å². The summed E-state index contributed by atoms with van der Waals surface area (Å²) in [6.45, 7) is 5.29.